The second-order valence-electron chi connectivity index (χ2n) is 2.93. The van der Waals surface area contributed by atoms with Crippen LogP contribution in [0.5, 0.6) is 11.5 Å². The minimum atomic E-state index is 0.0409. The number of phenolic OH excluding ortho intramolecular Hbond substituents is 1. The van der Waals surface area contributed by atoms with Gasteiger partial charge in [0.05, 0.1) is 0 Å². The third kappa shape index (κ3) is 2.54. The minimum absolute atomic E-state index is 0.0409. The molecule has 66 valence electrons. The molecule has 0 amide bonds. The number of benzene rings is 1. The molecular weight excluding hydrogens is 163 g/mol. The van der Waals surface area contributed by atoms with E-state index in [0.717, 1.165) is 5.57 Å². The van der Waals surface area contributed by atoms with Crippen molar-refractivity contribution >= 4 is 13.3 Å². The van der Waals surface area contributed by atoms with Gasteiger partial charge in [0.2, 0.25) is 0 Å². The smallest absolute Gasteiger partial charge is 0.124 e. The largest absolute Gasteiger partial charge is 0.508 e. The van der Waals surface area contributed by atoms with E-state index in [1.54, 1.807) is 12.1 Å². The molecule has 3 heteroatoms. The van der Waals surface area contributed by atoms with Crippen LogP contribution in [0.3, 0.4) is 0 Å². The lowest BCUT2D eigenvalue weighted by Gasteiger charge is -2.09. The Morgan fingerprint density at radius 1 is 1.62 bits per heavy atom. The lowest BCUT2D eigenvalue weighted by atomic mass is 9.94. The maximum Gasteiger partial charge on any atom is 0.124 e. The molecule has 0 aliphatic heterocycles. The van der Waals surface area contributed by atoms with Crippen molar-refractivity contribution in [3.05, 3.63) is 30.4 Å². The first-order chi connectivity index (χ1) is 6.11. The summed E-state index contributed by atoms with van der Waals surface area (Å²) in [6.45, 7) is 5.96. The number of phenols is 1. The van der Waals surface area contributed by atoms with Crippen LogP contribution in [-0.2, 0) is 0 Å². The van der Waals surface area contributed by atoms with Crippen LogP contribution >= 0.6 is 0 Å². The summed E-state index contributed by atoms with van der Waals surface area (Å²) in [5.41, 5.74) is 1.17. The van der Waals surface area contributed by atoms with E-state index in [4.69, 9.17) is 12.6 Å². The summed E-state index contributed by atoms with van der Waals surface area (Å²) < 4.78 is 5.29. The molecule has 0 aromatic heterocycles. The fraction of sp³-hybridized carbons (Fsp3) is 0.200. The summed E-state index contributed by atoms with van der Waals surface area (Å²) in [5.74, 6) is 0.530. The van der Waals surface area contributed by atoms with Gasteiger partial charge in [-0.25, -0.2) is 0 Å². The maximum absolute atomic E-state index is 9.24. The van der Waals surface area contributed by atoms with Crippen LogP contribution in [0.15, 0.2) is 30.4 Å². The van der Waals surface area contributed by atoms with E-state index in [0.29, 0.717) is 12.4 Å². The Balaban J connectivity index is 2.77. The molecule has 0 saturated carbocycles. The lowest BCUT2D eigenvalue weighted by Crippen LogP contribution is -2.10. The summed E-state index contributed by atoms with van der Waals surface area (Å²) in [6.07, 6.45) is 0. The first-order valence-electron chi connectivity index (χ1n) is 3.96. The Bertz CT molecular complexity index is 321. The molecule has 1 aromatic rings. The van der Waals surface area contributed by atoms with Crippen LogP contribution in [0, 0.1) is 0 Å². The zero-order valence-corrected chi connectivity index (χ0v) is 7.58. The van der Waals surface area contributed by atoms with Crippen molar-refractivity contribution in [2.45, 2.75) is 6.92 Å². The standard InChI is InChI=1S/C10H11BO2/c1-7(2)6-13-9-5-3-4-8(12)10(9)11/h3-5,12H,1,6H2,2H3. The second kappa shape index (κ2) is 4.03. The molecule has 0 aliphatic carbocycles. The highest BCUT2D eigenvalue weighted by Gasteiger charge is 2.02. The van der Waals surface area contributed by atoms with Gasteiger partial charge in [-0.05, 0) is 30.1 Å². The van der Waals surface area contributed by atoms with Crippen molar-refractivity contribution in [3.63, 3.8) is 0 Å². The highest BCUT2D eigenvalue weighted by molar-refractivity contribution is 6.36. The Hall–Kier alpha value is -1.38. The quantitative estimate of drug-likeness (QED) is 0.549. The number of aromatic hydroxyl groups is 1. The van der Waals surface area contributed by atoms with Gasteiger partial charge in [-0.1, -0.05) is 12.6 Å². The molecule has 0 unspecified atom stereocenters. The number of hydrogen-bond donors (Lipinski definition) is 1. The highest BCUT2D eigenvalue weighted by atomic mass is 16.5. The lowest BCUT2D eigenvalue weighted by molar-refractivity contribution is 0.353. The summed E-state index contributed by atoms with van der Waals surface area (Å²) >= 11 is 0. The topological polar surface area (TPSA) is 29.5 Å². The normalized spacial score (nSPS) is 9.62. The van der Waals surface area contributed by atoms with E-state index in [1.807, 2.05) is 6.92 Å². The predicted octanol–water partition coefficient (Wildman–Crippen LogP) is 1.14. The Kier molecular flexibility index (Phi) is 3.01. The fourth-order valence-electron chi connectivity index (χ4n) is 0.859. The molecule has 1 aromatic carbocycles. The van der Waals surface area contributed by atoms with Crippen molar-refractivity contribution in [1.29, 1.82) is 0 Å². The Morgan fingerprint density at radius 3 is 2.92 bits per heavy atom. The number of ether oxygens (including phenoxy) is 1. The summed E-state index contributed by atoms with van der Waals surface area (Å²) in [6, 6.07) is 4.90. The van der Waals surface area contributed by atoms with Crippen molar-refractivity contribution in [2.75, 3.05) is 6.61 Å². The molecule has 0 fully saturated rings. The average Bonchev–Trinajstić information content (AvgIpc) is 2.07. The van der Waals surface area contributed by atoms with Gasteiger partial charge in [0.15, 0.2) is 0 Å². The molecule has 1 N–H and O–H groups in total. The van der Waals surface area contributed by atoms with Gasteiger partial charge in [-0.3, -0.25) is 0 Å². The van der Waals surface area contributed by atoms with Crippen molar-refractivity contribution in [2.24, 2.45) is 0 Å². The van der Waals surface area contributed by atoms with E-state index in [2.05, 4.69) is 6.58 Å². The van der Waals surface area contributed by atoms with E-state index in [9.17, 15) is 5.11 Å². The maximum atomic E-state index is 9.24. The molecule has 0 saturated heterocycles. The molecular formula is C10H11BO2. The zero-order valence-electron chi connectivity index (χ0n) is 7.58. The van der Waals surface area contributed by atoms with Gasteiger partial charge < -0.3 is 9.84 Å². The zero-order chi connectivity index (χ0) is 9.84. The summed E-state index contributed by atoms with van der Waals surface area (Å²) in [4.78, 5) is 0. The molecule has 0 spiro atoms. The van der Waals surface area contributed by atoms with Gasteiger partial charge in [0.25, 0.3) is 0 Å². The monoisotopic (exact) mass is 174 g/mol. The van der Waals surface area contributed by atoms with Crippen LogP contribution in [-0.4, -0.2) is 19.6 Å². The molecule has 0 bridgehead atoms. The fourth-order valence-corrected chi connectivity index (χ4v) is 0.859. The molecule has 0 atom stereocenters. The van der Waals surface area contributed by atoms with Crippen LogP contribution in [0.25, 0.3) is 0 Å². The van der Waals surface area contributed by atoms with Gasteiger partial charge in [-0.2, -0.15) is 0 Å². The second-order valence-corrected chi connectivity index (χ2v) is 2.93. The molecule has 2 nitrogen and oxygen atoms in total. The third-order valence-electron chi connectivity index (χ3n) is 1.52. The van der Waals surface area contributed by atoms with E-state index >= 15 is 0 Å². The summed E-state index contributed by atoms with van der Waals surface area (Å²) in [5, 5.41) is 9.24. The average molecular weight is 174 g/mol. The third-order valence-corrected chi connectivity index (χ3v) is 1.52. The van der Waals surface area contributed by atoms with Crippen molar-refractivity contribution in [3.8, 4) is 11.5 Å². The van der Waals surface area contributed by atoms with E-state index in [1.165, 1.54) is 6.07 Å². The summed E-state index contributed by atoms with van der Waals surface area (Å²) in [7, 11) is 5.56. The van der Waals surface area contributed by atoms with Crippen molar-refractivity contribution in [1.82, 2.24) is 0 Å². The van der Waals surface area contributed by atoms with Gasteiger partial charge >= 0.3 is 0 Å². The van der Waals surface area contributed by atoms with E-state index < -0.39 is 0 Å². The van der Waals surface area contributed by atoms with Crippen molar-refractivity contribution < 1.29 is 9.84 Å². The first kappa shape index (κ1) is 9.71. The SMILES string of the molecule is [B]c1c(O)cccc1OCC(=C)C. The number of rotatable bonds is 3. The molecule has 2 radical (unpaired) electrons. The molecule has 0 heterocycles. The highest BCUT2D eigenvalue weighted by Crippen LogP contribution is 2.13. The van der Waals surface area contributed by atoms with Gasteiger partial charge in [0.1, 0.15) is 26.0 Å². The minimum Gasteiger partial charge on any atom is -0.508 e. The van der Waals surface area contributed by atoms with Gasteiger partial charge in [-0.15, -0.1) is 0 Å². The molecule has 1 rings (SSSR count). The van der Waals surface area contributed by atoms with Gasteiger partial charge in [0, 0.05) is 0 Å². The van der Waals surface area contributed by atoms with Crippen LogP contribution in [0.1, 0.15) is 6.92 Å². The van der Waals surface area contributed by atoms with Crippen LogP contribution in [0.4, 0.5) is 0 Å². The number of hydrogen-bond acceptors (Lipinski definition) is 2. The van der Waals surface area contributed by atoms with E-state index in [-0.39, 0.29) is 11.2 Å². The Labute approximate surface area is 79.3 Å². The predicted molar refractivity (Wildman–Crippen MR) is 53.8 cm³/mol. The van der Waals surface area contributed by atoms with Crippen LogP contribution < -0.4 is 10.2 Å². The van der Waals surface area contributed by atoms with Crippen LogP contribution in [0.2, 0.25) is 0 Å². The Morgan fingerprint density at radius 2 is 2.31 bits per heavy atom. The molecule has 0 aliphatic rings. The first-order valence-corrected chi connectivity index (χ1v) is 3.96. The molecule has 13 heavy (non-hydrogen) atoms.